The van der Waals surface area contributed by atoms with Gasteiger partial charge in [-0.1, -0.05) is 23.7 Å². The van der Waals surface area contributed by atoms with Crippen LogP contribution in [0.15, 0.2) is 53.3 Å². The van der Waals surface area contributed by atoms with Gasteiger partial charge in [-0.25, -0.2) is 0 Å². The van der Waals surface area contributed by atoms with E-state index in [-0.39, 0.29) is 12.5 Å². The van der Waals surface area contributed by atoms with Crippen LogP contribution >= 0.6 is 11.6 Å². The first-order chi connectivity index (χ1) is 13.7. The molecule has 0 aliphatic carbocycles. The smallest absolute Gasteiger partial charge is 0.242 e. The fourth-order valence-electron chi connectivity index (χ4n) is 3.14. The average molecular weight is 401 g/mol. The number of halogens is 1. The molecule has 4 rings (SSSR count). The molecule has 7 nitrogen and oxygen atoms in total. The van der Waals surface area contributed by atoms with Crippen LogP contribution in [0.1, 0.15) is 5.76 Å². The Morgan fingerprint density at radius 2 is 1.96 bits per heavy atom. The van der Waals surface area contributed by atoms with Crippen molar-refractivity contribution < 1.29 is 13.9 Å². The Kier molecular flexibility index (Phi) is 5.64. The standard InChI is InChI=1S/C20H21ClN4O3/c21-16-5-3-15(4-6-16)18-13-25(23-20(18)24-7-10-27-11-8-24)14-19(26)22-12-17-2-1-9-28-17/h1-6,9,13H,7-8,10-12,14H2,(H,22,26). The zero-order chi connectivity index (χ0) is 19.3. The van der Waals surface area contributed by atoms with Crippen molar-refractivity contribution in [2.45, 2.75) is 13.1 Å². The predicted molar refractivity (Wildman–Crippen MR) is 106 cm³/mol. The van der Waals surface area contributed by atoms with E-state index in [1.165, 1.54) is 0 Å². The molecule has 3 aromatic rings. The first-order valence-electron chi connectivity index (χ1n) is 9.14. The van der Waals surface area contributed by atoms with Crippen molar-refractivity contribution in [1.29, 1.82) is 0 Å². The average Bonchev–Trinajstić information content (AvgIpc) is 3.38. The monoisotopic (exact) mass is 400 g/mol. The van der Waals surface area contributed by atoms with Crippen molar-refractivity contribution in [2.24, 2.45) is 0 Å². The van der Waals surface area contributed by atoms with E-state index in [1.54, 1.807) is 17.0 Å². The van der Waals surface area contributed by atoms with Crippen molar-refractivity contribution in [3.63, 3.8) is 0 Å². The number of ether oxygens (including phenoxy) is 1. The van der Waals surface area contributed by atoms with E-state index >= 15 is 0 Å². The van der Waals surface area contributed by atoms with Gasteiger partial charge in [0.15, 0.2) is 5.82 Å². The van der Waals surface area contributed by atoms with Crippen molar-refractivity contribution in [3.8, 4) is 11.1 Å². The summed E-state index contributed by atoms with van der Waals surface area (Å²) in [6.45, 7) is 3.34. The summed E-state index contributed by atoms with van der Waals surface area (Å²) >= 11 is 6.03. The summed E-state index contributed by atoms with van der Waals surface area (Å²) in [5, 5.41) is 8.21. The highest BCUT2D eigenvalue weighted by atomic mass is 35.5. The number of hydrogen-bond donors (Lipinski definition) is 1. The van der Waals surface area contributed by atoms with Crippen LogP contribution in [0.3, 0.4) is 0 Å². The molecule has 8 heteroatoms. The normalized spacial score (nSPS) is 14.2. The second kappa shape index (κ2) is 8.50. The van der Waals surface area contributed by atoms with Gasteiger partial charge < -0.3 is 19.4 Å². The third kappa shape index (κ3) is 4.37. The van der Waals surface area contributed by atoms with E-state index in [2.05, 4.69) is 15.3 Å². The third-order valence-electron chi connectivity index (χ3n) is 4.55. The fourth-order valence-corrected chi connectivity index (χ4v) is 3.26. The second-order valence-electron chi connectivity index (χ2n) is 6.53. The maximum Gasteiger partial charge on any atom is 0.242 e. The molecule has 0 unspecified atom stereocenters. The van der Waals surface area contributed by atoms with Gasteiger partial charge >= 0.3 is 0 Å². The predicted octanol–water partition coefficient (Wildman–Crippen LogP) is 2.95. The Balaban J connectivity index is 1.53. The van der Waals surface area contributed by atoms with Crippen LogP contribution in [0.4, 0.5) is 5.82 Å². The van der Waals surface area contributed by atoms with Gasteiger partial charge in [0.2, 0.25) is 5.91 Å². The minimum atomic E-state index is -0.130. The molecular formula is C20H21ClN4O3. The van der Waals surface area contributed by atoms with Gasteiger partial charge in [-0.15, -0.1) is 0 Å². The highest BCUT2D eigenvalue weighted by Crippen LogP contribution is 2.31. The SMILES string of the molecule is O=C(Cn1cc(-c2ccc(Cl)cc2)c(N2CCOCC2)n1)NCc1ccco1. The number of aromatic nitrogens is 2. The van der Waals surface area contributed by atoms with Crippen LogP contribution in [0.5, 0.6) is 0 Å². The summed E-state index contributed by atoms with van der Waals surface area (Å²) in [5.74, 6) is 1.43. The molecule has 0 spiro atoms. The molecule has 1 fully saturated rings. The molecule has 1 aromatic carbocycles. The maximum absolute atomic E-state index is 12.3. The van der Waals surface area contributed by atoms with Gasteiger partial charge in [0, 0.05) is 29.9 Å². The summed E-state index contributed by atoms with van der Waals surface area (Å²) in [4.78, 5) is 14.5. The Hall–Kier alpha value is -2.77. The van der Waals surface area contributed by atoms with Gasteiger partial charge in [0.1, 0.15) is 12.3 Å². The first-order valence-corrected chi connectivity index (χ1v) is 9.52. The second-order valence-corrected chi connectivity index (χ2v) is 6.96. The van der Waals surface area contributed by atoms with Gasteiger partial charge in [-0.05, 0) is 29.8 Å². The zero-order valence-corrected chi connectivity index (χ0v) is 16.1. The number of morpholine rings is 1. The highest BCUT2D eigenvalue weighted by Gasteiger charge is 2.20. The molecule has 1 aliphatic heterocycles. The van der Waals surface area contributed by atoms with Crippen molar-refractivity contribution >= 4 is 23.3 Å². The number of rotatable bonds is 6. The topological polar surface area (TPSA) is 72.5 Å². The first kappa shape index (κ1) is 18.6. The van der Waals surface area contributed by atoms with E-state index in [0.29, 0.717) is 30.5 Å². The zero-order valence-electron chi connectivity index (χ0n) is 15.3. The van der Waals surface area contributed by atoms with Crippen molar-refractivity contribution in [1.82, 2.24) is 15.1 Å². The van der Waals surface area contributed by atoms with Gasteiger partial charge in [-0.3, -0.25) is 9.48 Å². The van der Waals surface area contributed by atoms with Crippen LogP contribution in [-0.2, 0) is 22.6 Å². The molecule has 0 atom stereocenters. The number of nitrogens with zero attached hydrogens (tertiary/aromatic N) is 3. The van der Waals surface area contributed by atoms with Crippen molar-refractivity contribution in [2.75, 3.05) is 31.2 Å². The maximum atomic E-state index is 12.3. The summed E-state index contributed by atoms with van der Waals surface area (Å²) < 4.78 is 12.4. The summed E-state index contributed by atoms with van der Waals surface area (Å²) in [5.41, 5.74) is 1.98. The molecule has 0 radical (unpaired) electrons. The molecule has 2 aromatic heterocycles. The van der Waals surface area contributed by atoms with Gasteiger partial charge in [-0.2, -0.15) is 5.10 Å². The Labute approximate surface area is 167 Å². The molecule has 0 saturated carbocycles. The number of amides is 1. The summed E-state index contributed by atoms with van der Waals surface area (Å²) in [6, 6.07) is 11.3. The number of nitrogens with one attached hydrogen (secondary N) is 1. The molecule has 0 bridgehead atoms. The lowest BCUT2D eigenvalue weighted by Gasteiger charge is -2.27. The van der Waals surface area contributed by atoms with Gasteiger partial charge in [0.05, 0.1) is 26.0 Å². The Morgan fingerprint density at radius 1 is 1.18 bits per heavy atom. The number of carbonyl (C=O) groups is 1. The lowest BCUT2D eigenvalue weighted by atomic mass is 10.1. The van der Waals surface area contributed by atoms with E-state index in [4.69, 9.17) is 20.8 Å². The Bertz CT molecular complexity index is 916. The number of furan rings is 1. The van der Waals surface area contributed by atoms with Crippen LogP contribution < -0.4 is 10.2 Å². The number of anilines is 1. The van der Waals surface area contributed by atoms with E-state index < -0.39 is 0 Å². The summed E-state index contributed by atoms with van der Waals surface area (Å²) in [7, 11) is 0. The van der Waals surface area contributed by atoms with Crippen molar-refractivity contribution in [3.05, 3.63) is 59.6 Å². The molecule has 146 valence electrons. The third-order valence-corrected chi connectivity index (χ3v) is 4.81. The van der Waals surface area contributed by atoms with Crippen LogP contribution in [0, 0.1) is 0 Å². The quantitative estimate of drug-likeness (QED) is 0.688. The van der Waals surface area contributed by atoms with E-state index in [1.807, 2.05) is 36.5 Å². The number of benzene rings is 1. The largest absolute Gasteiger partial charge is 0.467 e. The Morgan fingerprint density at radius 3 is 2.68 bits per heavy atom. The molecule has 1 amide bonds. The van der Waals surface area contributed by atoms with Crippen LogP contribution in [0.2, 0.25) is 5.02 Å². The lowest BCUT2D eigenvalue weighted by molar-refractivity contribution is -0.122. The minimum Gasteiger partial charge on any atom is -0.467 e. The van der Waals surface area contributed by atoms with E-state index in [0.717, 1.165) is 30.0 Å². The molecule has 1 aliphatic rings. The molecule has 28 heavy (non-hydrogen) atoms. The lowest BCUT2D eigenvalue weighted by Crippen LogP contribution is -2.37. The molecule has 1 N–H and O–H groups in total. The van der Waals surface area contributed by atoms with Crippen LogP contribution in [-0.4, -0.2) is 42.0 Å². The minimum absolute atomic E-state index is 0.130. The molecular weight excluding hydrogens is 380 g/mol. The fraction of sp³-hybridized carbons (Fsp3) is 0.300. The van der Waals surface area contributed by atoms with Gasteiger partial charge in [0.25, 0.3) is 0 Å². The molecule has 1 saturated heterocycles. The number of hydrogen-bond acceptors (Lipinski definition) is 5. The molecule has 3 heterocycles. The number of carbonyl (C=O) groups excluding carboxylic acids is 1. The highest BCUT2D eigenvalue weighted by molar-refractivity contribution is 6.30. The van der Waals surface area contributed by atoms with E-state index in [9.17, 15) is 4.79 Å². The van der Waals surface area contributed by atoms with Crippen LogP contribution in [0.25, 0.3) is 11.1 Å². The summed E-state index contributed by atoms with van der Waals surface area (Å²) in [6.07, 6.45) is 3.49.